The predicted octanol–water partition coefficient (Wildman–Crippen LogP) is 3.76. The molecule has 0 atom stereocenters. The van der Waals surface area contributed by atoms with Gasteiger partial charge >= 0.3 is 0 Å². The van der Waals surface area contributed by atoms with Crippen LogP contribution in [0, 0.1) is 5.92 Å². The molecule has 1 amide bonds. The minimum Gasteiger partial charge on any atom is -0.343 e. The van der Waals surface area contributed by atoms with E-state index >= 15 is 0 Å². The van der Waals surface area contributed by atoms with Crippen molar-refractivity contribution in [2.24, 2.45) is 5.92 Å². The van der Waals surface area contributed by atoms with Gasteiger partial charge in [0, 0.05) is 37.3 Å². The lowest BCUT2D eigenvalue weighted by molar-refractivity contribution is -0.132. The van der Waals surface area contributed by atoms with Gasteiger partial charge in [0.15, 0.2) is 0 Å². The average molecular weight is 286 g/mol. The third-order valence-electron chi connectivity index (χ3n) is 5.19. The zero-order chi connectivity index (χ0) is 14.5. The zero-order valence-electron chi connectivity index (χ0n) is 12.8. The van der Waals surface area contributed by atoms with E-state index in [0.717, 1.165) is 44.7 Å². The Morgan fingerprint density at radius 3 is 2.57 bits per heavy atom. The van der Waals surface area contributed by atoms with E-state index in [1.807, 2.05) is 12.3 Å². The zero-order valence-corrected chi connectivity index (χ0v) is 12.8. The van der Waals surface area contributed by atoms with Crippen LogP contribution in [0.2, 0.25) is 0 Å². The summed E-state index contributed by atoms with van der Waals surface area (Å²) in [6.07, 6.45) is 11.3. The second kappa shape index (κ2) is 7.06. The molecule has 2 heterocycles. The van der Waals surface area contributed by atoms with Gasteiger partial charge in [-0.3, -0.25) is 9.78 Å². The van der Waals surface area contributed by atoms with Crippen LogP contribution in [0.5, 0.6) is 0 Å². The molecule has 2 aliphatic rings. The number of amides is 1. The van der Waals surface area contributed by atoms with Crippen molar-refractivity contribution >= 4 is 5.91 Å². The molecular formula is C18H26N2O. The molecule has 0 bridgehead atoms. The van der Waals surface area contributed by atoms with Gasteiger partial charge in [0.25, 0.3) is 0 Å². The quantitative estimate of drug-likeness (QED) is 0.844. The maximum absolute atomic E-state index is 12.3. The second-order valence-electron chi connectivity index (χ2n) is 6.60. The molecule has 0 N–H and O–H groups in total. The van der Waals surface area contributed by atoms with Crippen molar-refractivity contribution in [3.8, 4) is 0 Å². The van der Waals surface area contributed by atoms with E-state index in [4.69, 9.17) is 0 Å². The van der Waals surface area contributed by atoms with Gasteiger partial charge in [0.05, 0.1) is 0 Å². The van der Waals surface area contributed by atoms with Crippen LogP contribution in [0.3, 0.4) is 0 Å². The fourth-order valence-electron chi connectivity index (χ4n) is 3.83. The van der Waals surface area contributed by atoms with Gasteiger partial charge in [0.1, 0.15) is 0 Å². The lowest BCUT2D eigenvalue weighted by Crippen LogP contribution is -2.38. The third kappa shape index (κ3) is 3.84. The lowest BCUT2D eigenvalue weighted by Gasteiger charge is -2.32. The Balaban J connectivity index is 1.43. The summed E-state index contributed by atoms with van der Waals surface area (Å²) in [6, 6.07) is 6.13. The van der Waals surface area contributed by atoms with Crippen LogP contribution in [-0.4, -0.2) is 28.9 Å². The van der Waals surface area contributed by atoms with Gasteiger partial charge in [-0.05, 0) is 37.3 Å². The fraction of sp³-hybridized carbons (Fsp3) is 0.667. The van der Waals surface area contributed by atoms with Crippen LogP contribution in [-0.2, 0) is 4.79 Å². The van der Waals surface area contributed by atoms with Gasteiger partial charge in [-0.2, -0.15) is 0 Å². The molecule has 3 nitrogen and oxygen atoms in total. The highest BCUT2D eigenvalue weighted by Gasteiger charge is 2.25. The van der Waals surface area contributed by atoms with E-state index in [9.17, 15) is 4.79 Å². The number of likely N-dealkylation sites (tertiary alicyclic amines) is 1. The predicted molar refractivity (Wildman–Crippen MR) is 84.0 cm³/mol. The molecule has 0 aromatic carbocycles. The molecule has 1 saturated carbocycles. The van der Waals surface area contributed by atoms with Crippen molar-refractivity contribution in [1.29, 1.82) is 0 Å². The number of pyridine rings is 1. The first kappa shape index (κ1) is 14.6. The number of rotatable bonds is 4. The van der Waals surface area contributed by atoms with E-state index in [1.165, 1.54) is 31.4 Å². The summed E-state index contributed by atoms with van der Waals surface area (Å²) in [5, 5.41) is 0. The van der Waals surface area contributed by atoms with Crippen molar-refractivity contribution in [3.05, 3.63) is 30.1 Å². The number of hydrogen-bond acceptors (Lipinski definition) is 2. The molecule has 0 unspecified atom stereocenters. The summed E-state index contributed by atoms with van der Waals surface area (Å²) in [4.78, 5) is 18.8. The van der Waals surface area contributed by atoms with Crippen LogP contribution in [0.15, 0.2) is 24.4 Å². The fourth-order valence-corrected chi connectivity index (χ4v) is 3.83. The third-order valence-corrected chi connectivity index (χ3v) is 5.19. The van der Waals surface area contributed by atoms with E-state index in [0.29, 0.717) is 11.8 Å². The molecule has 1 aliphatic heterocycles. The molecule has 3 rings (SSSR count). The van der Waals surface area contributed by atoms with E-state index in [2.05, 4.69) is 22.0 Å². The summed E-state index contributed by atoms with van der Waals surface area (Å²) in [7, 11) is 0. The molecule has 1 aromatic heterocycles. The summed E-state index contributed by atoms with van der Waals surface area (Å²) < 4.78 is 0. The van der Waals surface area contributed by atoms with E-state index in [1.54, 1.807) is 0 Å². The Hall–Kier alpha value is -1.38. The Kier molecular flexibility index (Phi) is 4.89. The second-order valence-corrected chi connectivity index (χ2v) is 6.60. The molecule has 21 heavy (non-hydrogen) atoms. The Labute approximate surface area is 127 Å². The van der Waals surface area contributed by atoms with Crippen molar-refractivity contribution in [2.75, 3.05) is 13.1 Å². The first-order valence-corrected chi connectivity index (χ1v) is 8.51. The highest BCUT2D eigenvalue weighted by molar-refractivity contribution is 5.76. The summed E-state index contributed by atoms with van der Waals surface area (Å²) in [5.41, 5.74) is 1.19. The molecule has 0 spiro atoms. The lowest BCUT2D eigenvalue weighted by atomic mass is 9.92. The maximum Gasteiger partial charge on any atom is 0.222 e. The molecule has 114 valence electrons. The molecule has 2 fully saturated rings. The molecule has 0 radical (unpaired) electrons. The molecular weight excluding hydrogens is 260 g/mol. The number of carbonyl (C=O) groups is 1. The Morgan fingerprint density at radius 2 is 1.90 bits per heavy atom. The molecule has 3 heteroatoms. The van der Waals surface area contributed by atoms with Crippen LogP contribution >= 0.6 is 0 Å². The number of carbonyl (C=O) groups excluding carboxylic acids is 1. The van der Waals surface area contributed by atoms with Gasteiger partial charge in [0.2, 0.25) is 5.91 Å². The van der Waals surface area contributed by atoms with Crippen molar-refractivity contribution in [1.82, 2.24) is 9.88 Å². The SMILES string of the molecule is O=C(CCC1CCCC1)N1CCC(c2ccccn2)CC1. The van der Waals surface area contributed by atoms with Crippen LogP contribution < -0.4 is 0 Å². The molecule has 1 saturated heterocycles. The monoisotopic (exact) mass is 286 g/mol. The normalized spacial score (nSPS) is 20.9. The smallest absolute Gasteiger partial charge is 0.222 e. The van der Waals surface area contributed by atoms with Crippen LogP contribution in [0.4, 0.5) is 0 Å². The van der Waals surface area contributed by atoms with E-state index in [-0.39, 0.29) is 0 Å². The maximum atomic E-state index is 12.3. The summed E-state index contributed by atoms with van der Waals surface area (Å²) in [5.74, 6) is 1.73. The van der Waals surface area contributed by atoms with Gasteiger partial charge < -0.3 is 4.90 Å². The highest BCUT2D eigenvalue weighted by atomic mass is 16.2. The van der Waals surface area contributed by atoms with Crippen LogP contribution in [0.1, 0.15) is 63.0 Å². The number of hydrogen-bond donors (Lipinski definition) is 0. The highest BCUT2D eigenvalue weighted by Crippen LogP contribution is 2.30. The summed E-state index contributed by atoms with van der Waals surface area (Å²) in [6.45, 7) is 1.81. The van der Waals surface area contributed by atoms with Crippen molar-refractivity contribution in [3.63, 3.8) is 0 Å². The average Bonchev–Trinajstić information content (AvgIpc) is 3.07. The minimum absolute atomic E-state index is 0.376. The van der Waals surface area contributed by atoms with Crippen molar-refractivity contribution in [2.45, 2.75) is 57.3 Å². The molecule has 1 aliphatic carbocycles. The first-order chi connectivity index (χ1) is 10.3. The number of piperidine rings is 1. The minimum atomic E-state index is 0.376. The topological polar surface area (TPSA) is 33.2 Å². The number of aromatic nitrogens is 1. The Morgan fingerprint density at radius 1 is 1.14 bits per heavy atom. The van der Waals surface area contributed by atoms with Gasteiger partial charge in [-0.15, -0.1) is 0 Å². The standard InChI is InChI=1S/C18H26N2O/c21-18(9-8-15-5-1-2-6-15)20-13-10-16(11-14-20)17-7-3-4-12-19-17/h3-4,7,12,15-16H,1-2,5-6,8-11,13-14H2. The first-order valence-electron chi connectivity index (χ1n) is 8.51. The van der Waals surface area contributed by atoms with Gasteiger partial charge in [-0.1, -0.05) is 31.7 Å². The Bertz CT molecular complexity index is 446. The number of nitrogens with zero attached hydrogens (tertiary/aromatic N) is 2. The largest absolute Gasteiger partial charge is 0.343 e. The molecule has 1 aromatic rings. The van der Waals surface area contributed by atoms with Crippen molar-refractivity contribution < 1.29 is 4.79 Å². The summed E-state index contributed by atoms with van der Waals surface area (Å²) >= 11 is 0. The van der Waals surface area contributed by atoms with E-state index < -0.39 is 0 Å². The van der Waals surface area contributed by atoms with Crippen LogP contribution in [0.25, 0.3) is 0 Å². The van der Waals surface area contributed by atoms with Gasteiger partial charge in [-0.25, -0.2) is 0 Å².